The molecule has 0 N–H and O–H groups in total. The summed E-state index contributed by atoms with van der Waals surface area (Å²) in [4.78, 5) is 0. The predicted molar refractivity (Wildman–Crippen MR) is 82.8 cm³/mol. The molecule has 0 bridgehead atoms. The summed E-state index contributed by atoms with van der Waals surface area (Å²) in [6, 6.07) is -0.499. The van der Waals surface area contributed by atoms with Gasteiger partial charge in [-0.05, 0) is 18.6 Å². The molecular formula is C14H24BO6PY2-2. The van der Waals surface area contributed by atoms with Crippen LogP contribution in [0.5, 0.6) is 0 Å². The molecule has 3 unspecified atom stereocenters. The smallest absolute Gasteiger partial charge is 0.325 e. The van der Waals surface area contributed by atoms with Crippen LogP contribution in [0.25, 0.3) is 0 Å². The minimum absolute atomic E-state index is 0. The maximum Gasteiger partial charge on any atom is 0.325 e. The van der Waals surface area contributed by atoms with Gasteiger partial charge in [0.2, 0.25) is 0 Å². The average molecular weight is 508 g/mol. The molecule has 0 saturated carbocycles. The Morgan fingerprint density at radius 2 is 1.83 bits per heavy atom. The van der Waals surface area contributed by atoms with E-state index in [1.54, 1.807) is 13.5 Å². The van der Waals surface area contributed by atoms with E-state index >= 15 is 0 Å². The molecule has 2 aliphatic heterocycles. The standard InChI is InChI=1S/C14H24BO6P.2Y/c1-5-10-12(7-14(15)20-10)21-22(4,16)18-8-13-11(17-3)6-9(2)19-13;;/h6-7,9-14H,5,8H2,1-4H3;;/q-2;;/t9-,10+,11?,12?,13+,14+,22?;;/m0../s1. The molecule has 2 saturated heterocycles. The zero-order valence-electron chi connectivity index (χ0n) is 14.7. The first-order valence-corrected chi connectivity index (χ1v) is 9.53. The van der Waals surface area contributed by atoms with Crippen molar-refractivity contribution in [3.05, 3.63) is 12.8 Å². The van der Waals surface area contributed by atoms with Gasteiger partial charge in [-0.25, -0.2) is 0 Å². The Labute approximate surface area is 196 Å². The van der Waals surface area contributed by atoms with Crippen molar-refractivity contribution in [3.8, 4) is 0 Å². The molecule has 0 aromatic carbocycles. The molecule has 0 amide bonds. The summed E-state index contributed by atoms with van der Waals surface area (Å²) in [6.07, 6.45) is 3.26. The van der Waals surface area contributed by atoms with Gasteiger partial charge in [0, 0.05) is 79.2 Å². The van der Waals surface area contributed by atoms with Crippen LogP contribution < -0.4 is 0 Å². The second kappa shape index (κ2) is 12.0. The van der Waals surface area contributed by atoms with Crippen LogP contribution in [-0.4, -0.2) is 64.8 Å². The second-order valence-corrected chi connectivity index (χ2v) is 7.66. The molecule has 6 nitrogen and oxygen atoms in total. The van der Waals surface area contributed by atoms with Crippen molar-refractivity contribution in [3.63, 3.8) is 0 Å². The SMILES string of the molecule is [B][C@H]1[CH-]C(OP(C)(=O)OC[C@H]2O[C@@H](C)[CH-]C2OC)[C@@H](CC)O1.[Y].[Y]. The second-order valence-electron chi connectivity index (χ2n) is 5.65. The molecule has 10 heteroatoms. The fourth-order valence-corrected chi connectivity index (χ4v) is 3.81. The Morgan fingerprint density at radius 1 is 1.17 bits per heavy atom. The van der Waals surface area contributed by atoms with Crippen molar-refractivity contribution in [1.82, 2.24) is 0 Å². The number of ether oxygens (including phenoxy) is 3. The predicted octanol–water partition coefficient (Wildman–Crippen LogP) is 1.72. The van der Waals surface area contributed by atoms with Gasteiger partial charge in [-0.1, -0.05) is 26.0 Å². The number of methoxy groups -OCH3 is 1. The van der Waals surface area contributed by atoms with Crippen LogP contribution in [0.3, 0.4) is 0 Å². The largest absolute Gasteiger partial charge is 0.415 e. The van der Waals surface area contributed by atoms with E-state index in [9.17, 15) is 4.57 Å². The minimum Gasteiger partial charge on any atom is -0.415 e. The van der Waals surface area contributed by atoms with Gasteiger partial charge in [-0.3, -0.25) is 17.4 Å². The van der Waals surface area contributed by atoms with E-state index in [4.69, 9.17) is 31.1 Å². The van der Waals surface area contributed by atoms with Gasteiger partial charge < -0.3 is 23.3 Å². The van der Waals surface area contributed by atoms with Gasteiger partial charge in [0.25, 0.3) is 0 Å². The first-order chi connectivity index (χ1) is 10.3. The Morgan fingerprint density at radius 3 is 2.42 bits per heavy atom. The van der Waals surface area contributed by atoms with Crippen LogP contribution >= 0.6 is 7.60 Å². The summed E-state index contributed by atoms with van der Waals surface area (Å²) < 4.78 is 40.0. The quantitative estimate of drug-likeness (QED) is 0.297. The Hall–Kier alpha value is 2.30. The van der Waals surface area contributed by atoms with E-state index in [0.717, 1.165) is 6.42 Å². The molecular weight excluding hydrogens is 484 g/mol. The van der Waals surface area contributed by atoms with Crippen molar-refractivity contribution in [2.45, 2.75) is 56.8 Å². The molecule has 132 valence electrons. The molecule has 0 aromatic heterocycles. The van der Waals surface area contributed by atoms with E-state index in [1.807, 2.05) is 20.3 Å². The number of rotatable bonds is 7. The molecule has 0 aromatic rings. The fourth-order valence-electron chi connectivity index (χ4n) is 2.68. The molecule has 0 aliphatic carbocycles. The molecule has 7 atom stereocenters. The van der Waals surface area contributed by atoms with Crippen LogP contribution in [0.2, 0.25) is 0 Å². The van der Waals surface area contributed by atoms with Gasteiger partial charge in [-0.15, -0.1) is 0 Å². The fraction of sp³-hybridized carbons (Fsp3) is 0.857. The van der Waals surface area contributed by atoms with E-state index in [2.05, 4.69) is 0 Å². The summed E-state index contributed by atoms with van der Waals surface area (Å²) in [5.74, 6) is 0. The average Bonchev–Trinajstić information content (AvgIpc) is 2.98. The minimum atomic E-state index is -3.24. The number of hydrogen-bond acceptors (Lipinski definition) is 6. The summed E-state index contributed by atoms with van der Waals surface area (Å²) in [5.41, 5.74) is 0. The maximum atomic E-state index is 12.5. The van der Waals surface area contributed by atoms with E-state index in [-0.39, 0.29) is 96.4 Å². The topological polar surface area (TPSA) is 63.2 Å². The van der Waals surface area contributed by atoms with Crippen LogP contribution in [0, 0.1) is 12.8 Å². The Kier molecular flexibility index (Phi) is 13.1. The van der Waals surface area contributed by atoms with E-state index in [0.29, 0.717) is 0 Å². The maximum absolute atomic E-state index is 12.5. The molecule has 24 heavy (non-hydrogen) atoms. The van der Waals surface area contributed by atoms with Gasteiger partial charge >= 0.3 is 7.60 Å². The normalized spacial score (nSPS) is 38.2. The zero-order valence-corrected chi connectivity index (χ0v) is 21.2. The molecule has 0 spiro atoms. The summed E-state index contributed by atoms with van der Waals surface area (Å²) in [7, 11) is 4.07. The van der Waals surface area contributed by atoms with Crippen LogP contribution in [0.1, 0.15) is 20.3 Å². The van der Waals surface area contributed by atoms with Crippen molar-refractivity contribution < 1.29 is 93.2 Å². The zero-order chi connectivity index (χ0) is 16.3. The third kappa shape index (κ3) is 7.74. The van der Waals surface area contributed by atoms with Crippen molar-refractivity contribution in [1.29, 1.82) is 0 Å². The van der Waals surface area contributed by atoms with Crippen molar-refractivity contribution in [2.75, 3.05) is 20.4 Å². The number of hydrogen-bond donors (Lipinski definition) is 0. The molecule has 2 fully saturated rings. The van der Waals surface area contributed by atoms with Crippen LogP contribution in [0.15, 0.2) is 0 Å². The van der Waals surface area contributed by atoms with Crippen molar-refractivity contribution >= 4 is 15.4 Å². The van der Waals surface area contributed by atoms with Crippen LogP contribution in [-0.2, 0) is 93.2 Å². The monoisotopic (exact) mass is 508 g/mol. The third-order valence-electron chi connectivity index (χ3n) is 3.76. The van der Waals surface area contributed by atoms with Gasteiger partial charge in [-0.2, -0.15) is 0 Å². The van der Waals surface area contributed by atoms with Gasteiger partial charge in [0.1, 0.15) is 0 Å². The molecule has 2 rings (SSSR count). The van der Waals surface area contributed by atoms with Crippen molar-refractivity contribution in [2.24, 2.45) is 0 Å². The van der Waals surface area contributed by atoms with E-state index in [1.165, 1.54) is 6.66 Å². The third-order valence-corrected chi connectivity index (χ3v) is 5.00. The molecule has 2 aliphatic rings. The van der Waals surface area contributed by atoms with Gasteiger partial charge in [0.05, 0.1) is 26.7 Å². The van der Waals surface area contributed by atoms with Crippen LogP contribution in [0.4, 0.5) is 0 Å². The molecule has 2 heterocycles. The van der Waals surface area contributed by atoms with Gasteiger partial charge in [0.15, 0.2) is 0 Å². The first kappa shape index (κ1) is 26.3. The summed E-state index contributed by atoms with van der Waals surface area (Å²) in [5, 5.41) is 0. The summed E-state index contributed by atoms with van der Waals surface area (Å²) in [6.45, 7) is 5.47. The van der Waals surface area contributed by atoms with E-state index < -0.39 is 19.7 Å². The Balaban J connectivity index is 0.00000264. The summed E-state index contributed by atoms with van der Waals surface area (Å²) >= 11 is 0. The Bertz CT molecular complexity index is 419. The first-order valence-electron chi connectivity index (χ1n) is 7.54. The molecule has 4 radical (unpaired) electrons.